The van der Waals surface area contributed by atoms with Gasteiger partial charge in [0.15, 0.2) is 0 Å². The van der Waals surface area contributed by atoms with E-state index in [-0.39, 0.29) is 5.38 Å². The van der Waals surface area contributed by atoms with E-state index in [0.29, 0.717) is 0 Å². The molecule has 0 bridgehead atoms. The first kappa shape index (κ1) is 14.2. The van der Waals surface area contributed by atoms with Gasteiger partial charge in [-0.05, 0) is 36.6 Å². The van der Waals surface area contributed by atoms with Crippen molar-refractivity contribution in [2.45, 2.75) is 19.2 Å². The zero-order chi connectivity index (χ0) is 14.8. The second-order valence-corrected chi connectivity index (χ2v) is 6.46. The highest BCUT2D eigenvalue weighted by Crippen LogP contribution is 2.34. The van der Waals surface area contributed by atoms with E-state index in [0.717, 1.165) is 21.1 Å². The zero-order valence-corrected chi connectivity index (χ0v) is 13.4. The van der Waals surface area contributed by atoms with Crippen LogP contribution < -0.4 is 0 Å². The van der Waals surface area contributed by atoms with Crippen LogP contribution in [0.4, 0.5) is 0 Å². The third kappa shape index (κ3) is 2.99. The van der Waals surface area contributed by atoms with Crippen molar-refractivity contribution < 1.29 is 0 Å². The van der Waals surface area contributed by atoms with Crippen LogP contribution in [0.25, 0.3) is 10.6 Å². The van der Waals surface area contributed by atoms with Crippen LogP contribution in [0.5, 0.6) is 0 Å². The van der Waals surface area contributed by atoms with Gasteiger partial charge in [-0.2, -0.15) is 0 Å². The molecule has 0 aliphatic carbocycles. The number of aryl methyl sites for hydroxylation is 2. The number of hydrogen-bond donors (Lipinski definition) is 0. The Morgan fingerprint density at radius 1 is 0.952 bits per heavy atom. The van der Waals surface area contributed by atoms with Crippen LogP contribution in [0.2, 0.25) is 0 Å². The van der Waals surface area contributed by atoms with Gasteiger partial charge in [-0.1, -0.05) is 53.8 Å². The number of benzene rings is 2. The molecule has 1 heterocycles. The monoisotopic (exact) mass is 314 g/mol. The highest BCUT2D eigenvalue weighted by atomic mass is 35.5. The van der Waals surface area contributed by atoms with Crippen LogP contribution in [-0.2, 0) is 0 Å². The summed E-state index contributed by atoms with van der Waals surface area (Å²) in [4.78, 5) is 0. The smallest absolute Gasteiger partial charge is 0.141 e. The lowest BCUT2D eigenvalue weighted by Gasteiger charge is -2.04. The van der Waals surface area contributed by atoms with E-state index in [9.17, 15) is 0 Å². The highest BCUT2D eigenvalue weighted by Gasteiger charge is 2.16. The predicted octanol–water partition coefficient (Wildman–Crippen LogP) is 5.15. The number of halogens is 1. The number of hydrogen-bond acceptors (Lipinski definition) is 3. The summed E-state index contributed by atoms with van der Waals surface area (Å²) >= 11 is 8.05. The molecule has 3 aromatic rings. The Morgan fingerprint density at radius 3 is 2.43 bits per heavy atom. The molecule has 0 spiro atoms. The fourth-order valence-corrected chi connectivity index (χ4v) is 3.26. The molecular weight excluding hydrogens is 300 g/mol. The topological polar surface area (TPSA) is 25.8 Å². The molecule has 0 N–H and O–H groups in total. The van der Waals surface area contributed by atoms with Crippen molar-refractivity contribution in [3.8, 4) is 10.6 Å². The molecule has 4 heteroatoms. The molecule has 1 aromatic heterocycles. The summed E-state index contributed by atoms with van der Waals surface area (Å²) in [5, 5.41) is 10.0. The molecule has 1 atom stereocenters. The first-order chi connectivity index (χ1) is 10.1. The lowest BCUT2D eigenvalue weighted by molar-refractivity contribution is 0.988. The van der Waals surface area contributed by atoms with Crippen molar-refractivity contribution in [1.29, 1.82) is 0 Å². The molecular formula is C17H15ClN2S. The summed E-state index contributed by atoms with van der Waals surface area (Å²) in [7, 11) is 0. The largest absolute Gasteiger partial charge is 0.147 e. The van der Waals surface area contributed by atoms with E-state index in [1.807, 2.05) is 30.3 Å². The summed E-state index contributed by atoms with van der Waals surface area (Å²) in [5.41, 5.74) is 4.68. The van der Waals surface area contributed by atoms with Crippen LogP contribution in [0.15, 0.2) is 48.5 Å². The van der Waals surface area contributed by atoms with E-state index in [1.165, 1.54) is 11.1 Å². The Balaban J connectivity index is 1.91. The lowest BCUT2D eigenvalue weighted by Crippen LogP contribution is -1.91. The van der Waals surface area contributed by atoms with Gasteiger partial charge in [-0.25, -0.2) is 0 Å². The molecule has 0 amide bonds. The summed E-state index contributed by atoms with van der Waals surface area (Å²) in [6.45, 7) is 4.21. The third-order valence-corrected chi connectivity index (χ3v) is 5.13. The quantitative estimate of drug-likeness (QED) is 0.625. The van der Waals surface area contributed by atoms with E-state index in [2.05, 4.69) is 42.2 Å². The van der Waals surface area contributed by atoms with E-state index in [4.69, 9.17) is 11.6 Å². The average Bonchev–Trinajstić information content (AvgIpc) is 3.00. The fourth-order valence-electron chi connectivity index (χ4n) is 2.09. The van der Waals surface area contributed by atoms with Gasteiger partial charge in [0.2, 0.25) is 0 Å². The lowest BCUT2D eigenvalue weighted by atomic mass is 10.1. The fraction of sp³-hybridized carbons (Fsp3) is 0.176. The second-order valence-electron chi connectivity index (χ2n) is 5.02. The van der Waals surface area contributed by atoms with Crippen LogP contribution in [0, 0.1) is 13.8 Å². The number of aromatic nitrogens is 2. The first-order valence-corrected chi connectivity index (χ1v) is 8.00. The molecule has 0 aliphatic rings. The number of rotatable bonds is 3. The van der Waals surface area contributed by atoms with Gasteiger partial charge in [0.1, 0.15) is 15.4 Å². The Bertz CT molecular complexity index is 752. The number of alkyl halides is 1. The van der Waals surface area contributed by atoms with E-state index < -0.39 is 0 Å². The summed E-state index contributed by atoms with van der Waals surface area (Å²) in [6.07, 6.45) is 0. The molecule has 2 nitrogen and oxygen atoms in total. The molecule has 21 heavy (non-hydrogen) atoms. The summed E-state index contributed by atoms with van der Waals surface area (Å²) < 4.78 is 0. The molecule has 2 aromatic carbocycles. The van der Waals surface area contributed by atoms with Crippen LogP contribution in [0.1, 0.15) is 27.1 Å². The third-order valence-electron chi connectivity index (χ3n) is 3.50. The van der Waals surface area contributed by atoms with Crippen LogP contribution >= 0.6 is 22.9 Å². The molecule has 3 rings (SSSR count). The van der Waals surface area contributed by atoms with Gasteiger partial charge in [-0.15, -0.1) is 21.8 Å². The van der Waals surface area contributed by atoms with Gasteiger partial charge >= 0.3 is 0 Å². The Labute approximate surface area is 133 Å². The standard InChI is InChI=1S/C17H15ClN2S/c1-11-8-9-14(10-12(11)2)16-19-20-17(21-16)15(18)13-6-4-3-5-7-13/h3-10,15H,1-2H3. The van der Waals surface area contributed by atoms with Crippen molar-refractivity contribution >= 4 is 22.9 Å². The van der Waals surface area contributed by atoms with Gasteiger partial charge < -0.3 is 0 Å². The van der Waals surface area contributed by atoms with Crippen molar-refractivity contribution in [3.05, 3.63) is 70.2 Å². The van der Waals surface area contributed by atoms with Gasteiger partial charge in [0.25, 0.3) is 0 Å². The maximum absolute atomic E-state index is 6.50. The average molecular weight is 315 g/mol. The minimum atomic E-state index is -0.246. The molecule has 0 saturated heterocycles. The van der Waals surface area contributed by atoms with Crippen molar-refractivity contribution in [2.24, 2.45) is 0 Å². The Morgan fingerprint density at radius 2 is 1.71 bits per heavy atom. The maximum Gasteiger partial charge on any atom is 0.147 e. The Hall–Kier alpha value is -1.71. The van der Waals surface area contributed by atoms with Crippen LogP contribution in [0.3, 0.4) is 0 Å². The minimum Gasteiger partial charge on any atom is -0.141 e. The maximum atomic E-state index is 6.50. The molecule has 106 valence electrons. The highest BCUT2D eigenvalue weighted by molar-refractivity contribution is 7.15. The molecule has 1 unspecified atom stereocenters. The summed E-state index contributed by atoms with van der Waals surface area (Å²) in [5.74, 6) is 0. The minimum absolute atomic E-state index is 0.246. The summed E-state index contributed by atoms with van der Waals surface area (Å²) in [6, 6.07) is 16.3. The first-order valence-electron chi connectivity index (χ1n) is 6.75. The van der Waals surface area contributed by atoms with Crippen molar-refractivity contribution in [3.63, 3.8) is 0 Å². The van der Waals surface area contributed by atoms with E-state index in [1.54, 1.807) is 11.3 Å². The van der Waals surface area contributed by atoms with E-state index >= 15 is 0 Å². The van der Waals surface area contributed by atoms with Crippen molar-refractivity contribution in [2.75, 3.05) is 0 Å². The van der Waals surface area contributed by atoms with Crippen LogP contribution in [-0.4, -0.2) is 10.2 Å². The normalized spacial score (nSPS) is 12.3. The molecule has 0 saturated carbocycles. The zero-order valence-electron chi connectivity index (χ0n) is 11.9. The van der Waals surface area contributed by atoms with Gasteiger partial charge in [0, 0.05) is 5.56 Å². The van der Waals surface area contributed by atoms with Gasteiger partial charge in [-0.3, -0.25) is 0 Å². The SMILES string of the molecule is Cc1ccc(-c2nnc(C(Cl)c3ccccc3)s2)cc1C. The predicted molar refractivity (Wildman–Crippen MR) is 89.0 cm³/mol. The second kappa shape index (κ2) is 5.96. The molecule has 0 radical (unpaired) electrons. The van der Waals surface area contributed by atoms with Gasteiger partial charge in [0.05, 0.1) is 0 Å². The number of nitrogens with zero attached hydrogens (tertiary/aromatic N) is 2. The van der Waals surface area contributed by atoms with Crippen molar-refractivity contribution in [1.82, 2.24) is 10.2 Å². The molecule has 0 aliphatic heterocycles. The Kier molecular flexibility index (Phi) is 4.04. The molecule has 0 fully saturated rings.